The molecule has 0 saturated heterocycles. The molecular weight excluding hydrogens is 226 g/mol. The second kappa shape index (κ2) is 7.46. The van der Waals surface area contributed by atoms with Crippen molar-refractivity contribution in [2.45, 2.75) is 77.5 Å². The minimum absolute atomic E-state index is 0.0963. The second-order valence-electron chi connectivity index (χ2n) is 6.41. The van der Waals surface area contributed by atoms with Crippen LogP contribution in [0.15, 0.2) is 0 Å². The molecule has 3 unspecified atom stereocenters. The van der Waals surface area contributed by atoms with Crippen LogP contribution < -0.4 is 5.32 Å². The fraction of sp³-hybridized carbons (Fsp3) is 1.00. The molecule has 3 atom stereocenters. The lowest BCUT2D eigenvalue weighted by Crippen LogP contribution is -2.44. The Morgan fingerprint density at radius 2 is 2.00 bits per heavy atom. The third-order valence-electron chi connectivity index (χ3n) is 4.24. The normalized spacial score (nSPS) is 27.2. The third-order valence-corrected chi connectivity index (χ3v) is 4.24. The van der Waals surface area contributed by atoms with Gasteiger partial charge >= 0.3 is 0 Å². The maximum absolute atomic E-state index is 9.94. The van der Waals surface area contributed by atoms with E-state index in [0.29, 0.717) is 25.2 Å². The molecule has 0 bridgehead atoms. The largest absolute Gasteiger partial charge is 0.389 e. The van der Waals surface area contributed by atoms with Crippen molar-refractivity contribution in [3.8, 4) is 0 Å². The van der Waals surface area contributed by atoms with Crippen LogP contribution in [0.3, 0.4) is 0 Å². The molecule has 0 aromatic heterocycles. The van der Waals surface area contributed by atoms with Gasteiger partial charge in [0.1, 0.15) is 0 Å². The molecule has 0 heterocycles. The molecule has 3 heteroatoms. The van der Waals surface area contributed by atoms with Gasteiger partial charge in [0.2, 0.25) is 0 Å². The maximum Gasteiger partial charge on any atom is 0.0898 e. The standard InChI is InChI=1S/C15H31NO2/c1-5-15(3,4)16-10-13(17)11-18-14-9-7-6-8-12(14)2/h12-14,16-17H,5-11H2,1-4H3. The van der Waals surface area contributed by atoms with Crippen LogP contribution in [0.2, 0.25) is 0 Å². The van der Waals surface area contributed by atoms with Crippen LogP contribution in [-0.4, -0.2) is 36.0 Å². The van der Waals surface area contributed by atoms with Gasteiger partial charge in [0.05, 0.1) is 18.8 Å². The Morgan fingerprint density at radius 1 is 1.33 bits per heavy atom. The van der Waals surface area contributed by atoms with Gasteiger partial charge in [-0.3, -0.25) is 0 Å². The molecule has 108 valence electrons. The predicted molar refractivity (Wildman–Crippen MR) is 75.8 cm³/mol. The molecule has 2 N–H and O–H groups in total. The summed E-state index contributed by atoms with van der Waals surface area (Å²) in [4.78, 5) is 0. The summed E-state index contributed by atoms with van der Waals surface area (Å²) in [6.07, 6.45) is 6.03. The Balaban J connectivity index is 2.18. The Kier molecular flexibility index (Phi) is 6.61. The maximum atomic E-state index is 9.94. The van der Waals surface area contributed by atoms with E-state index >= 15 is 0 Å². The van der Waals surface area contributed by atoms with Crippen LogP contribution in [0, 0.1) is 5.92 Å². The molecule has 0 aromatic rings. The lowest BCUT2D eigenvalue weighted by atomic mass is 9.88. The fourth-order valence-corrected chi connectivity index (χ4v) is 2.34. The zero-order chi connectivity index (χ0) is 13.6. The van der Waals surface area contributed by atoms with Crippen molar-refractivity contribution >= 4 is 0 Å². The molecular formula is C15H31NO2. The molecule has 0 aliphatic heterocycles. The summed E-state index contributed by atoms with van der Waals surface area (Å²) in [5.41, 5.74) is 0.0963. The van der Waals surface area contributed by atoms with Gasteiger partial charge in [-0.25, -0.2) is 0 Å². The van der Waals surface area contributed by atoms with Crippen LogP contribution in [0.1, 0.15) is 59.8 Å². The number of hydrogen-bond donors (Lipinski definition) is 2. The van der Waals surface area contributed by atoms with E-state index in [1.54, 1.807) is 0 Å². The summed E-state index contributed by atoms with van der Waals surface area (Å²) in [7, 11) is 0. The van der Waals surface area contributed by atoms with E-state index in [2.05, 4.69) is 33.0 Å². The topological polar surface area (TPSA) is 41.5 Å². The average Bonchev–Trinajstić information content (AvgIpc) is 2.35. The van der Waals surface area contributed by atoms with Gasteiger partial charge < -0.3 is 15.2 Å². The van der Waals surface area contributed by atoms with Crippen molar-refractivity contribution in [2.24, 2.45) is 5.92 Å². The monoisotopic (exact) mass is 257 g/mol. The highest BCUT2D eigenvalue weighted by molar-refractivity contribution is 4.77. The van der Waals surface area contributed by atoms with Crippen LogP contribution in [0.25, 0.3) is 0 Å². The molecule has 1 aliphatic carbocycles. The van der Waals surface area contributed by atoms with Crippen molar-refractivity contribution in [3.63, 3.8) is 0 Å². The van der Waals surface area contributed by atoms with Crippen LogP contribution in [0.4, 0.5) is 0 Å². The number of β-amino-alcohol motifs (C(OH)–C–C–N with tert-alkyl or cyclic N) is 1. The summed E-state index contributed by atoms with van der Waals surface area (Å²) in [6.45, 7) is 9.80. The van der Waals surface area contributed by atoms with Crippen molar-refractivity contribution in [2.75, 3.05) is 13.2 Å². The van der Waals surface area contributed by atoms with E-state index in [9.17, 15) is 5.11 Å². The lowest BCUT2D eigenvalue weighted by molar-refractivity contribution is -0.0463. The van der Waals surface area contributed by atoms with E-state index < -0.39 is 6.10 Å². The Morgan fingerprint density at radius 3 is 2.61 bits per heavy atom. The number of hydrogen-bond acceptors (Lipinski definition) is 3. The summed E-state index contributed by atoms with van der Waals surface area (Å²) >= 11 is 0. The van der Waals surface area contributed by atoms with E-state index in [-0.39, 0.29) is 5.54 Å². The molecule has 0 amide bonds. The molecule has 1 saturated carbocycles. The van der Waals surface area contributed by atoms with Gasteiger partial charge in [0.15, 0.2) is 0 Å². The summed E-state index contributed by atoms with van der Waals surface area (Å²) < 4.78 is 5.87. The summed E-state index contributed by atoms with van der Waals surface area (Å²) in [5.74, 6) is 0.644. The number of aliphatic hydroxyl groups excluding tert-OH is 1. The zero-order valence-electron chi connectivity index (χ0n) is 12.5. The highest BCUT2D eigenvalue weighted by Gasteiger charge is 2.23. The van der Waals surface area contributed by atoms with Gasteiger partial charge in [-0.2, -0.15) is 0 Å². The number of aliphatic hydroxyl groups is 1. The molecule has 1 rings (SSSR count). The SMILES string of the molecule is CCC(C)(C)NCC(O)COC1CCCCC1C. The molecule has 0 radical (unpaired) electrons. The van der Waals surface area contributed by atoms with Gasteiger partial charge in [-0.1, -0.05) is 26.7 Å². The first-order valence-corrected chi connectivity index (χ1v) is 7.49. The first-order valence-electron chi connectivity index (χ1n) is 7.49. The quantitative estimate of drug-likeness (QED) is 0.737. The minimum Gasteiger partial charge on any atom is -0.389 e. The van der Waals surface area contributed by atoms with E-state index in [4.69, 9.17) is 4.74 Å². The molecule has 1 aliphatic rings. The van der Waals surface area contributed by atoms with E-state index in [1.165, 1.54) is 19.3 Å². The first kappa shape index (κ1) is 15.9. The number of rotatable bonds is 7. The Bertz CT molecular complexity index is 231. The molecule has 1 fully saturated rings. The molecule has 18 heavy (non-hydrogen) atoms. The zero-order valence-corrected chi connectivity index (χ0v) is 12.5. The van der Waals surface area contributed by atoms with Gasteiger partial charge in [-0.05, 0) is 39.0 Å². The lowest BCUT2D eigenvalue weighted by Gasteiger charge is -2.30. The first-order chi connectivity index (χ1) is 8.44. The fourth-order valence-electron chi connectivity index (χ4n) is 2.34. The molecule has 0 spiro atoms. The van der Waals surface area contributed by atoms with Gasteiger partial charge in [0.25, 0.3) is 0 Å². The summed E-state index contributed by atoms with van der Waals surface area (Å²) in [5, 5.41) is 13.3. The summed E-state index contributed by atoms with van der Waals surface area (Å²) in [6, 6.07) is 0. The van der Waals surface area contributed by atoms with E-state index in [1.807, 2.05) is 0 Å². The minimum atomic E-state index is -0.398. The molecule has 3 nitrogen and oxygen atoms in total. The predicted octanol–water partition coefficient (Wildman–Crippen LogP) is 2.72. The van der Waals surface area contributed by atoms with Crippen LogP contribution >= 0.6 is 0 Å². The van der Waals surface area contributed by atoms with E-state index in [0.717, 1.165) is 12.8 Å². The van der Waals surface area contributed by atoms with Crippen molar-refractivity contribution in [3.05, 3.63) is 0 Å². The highest BCUT2D eigenvalue weighted by atomic mass is 16.5. The smallest absolute Gasteiger partial charge is 0.0898 e. The Hall–Kier alpha value is -0.120. The molecule has 0 aromatic carbocycles. The van der Waals surface area contributed by atoms with Crippen LogP contribution in [0.5, 0.6) is 0 Å². The van der Waals surface area contributed by atoms with Crippen molar-refractivity contribution < 1.29 is 9.84 Å². The second-order valence-corrected chi connectivity index (χ2v) is 6.41. The highest BCUT2D eigenvalue weighted by Crippen LogP contribution is 2.26. The number of nitrogens with one attached hydrogen (secondary N) is 1. The van der Waals surface area contributed by atoms with Crippen molar-refractivity contribution in [1.82, 2.24) is 5.32 Å². The van der Waals surface area contributed by atoms with Gasteiger partial charge in [-0.15, -0.1) is 0 Å². The average molecular weight is 257 g/mol. The van der Waals surface area contributed by atoms with Gasteiger partial charge in [0, 0.05) is 12.1 Å². The third kappa shape index (κ3) is 5.68. The number of ether oxygens (including phenoxy) is 1. The van der Waals surface area contributed by atoms with Crippen molar-refractivity contribution in [1.29, 1.82) is 0 Å². The Labute approximate surface area is 112 Å². The van der Waals surface area contributed by atoms with Crippen LogP contribution in [-0.2, 0) is 4.74 Å².